The van der Waals surface area contributed by atoms with E-state index in [2.05, 4.69) is 65.7 Å². The molecule has 27 heavy (non-hydrogen) atoms. The van der Waals surface area contributed by atoms with Gasteiger partial charge in [0.05, 0.1) is 11.9 Å². The third-order valence-corrected chi connectivity index (χ3v) is 5.22. The summed E-state index contributed by atoms with van der Waals surface area (Å²) in [4.78, 5) is 15.0. The van der Waals surface area contributed by atoms with Crippen molar-refractivity contribution in [3.63, 3.8) is 0 Å². The molecule has 146 valence electrons. The van der Waals surface area contributed by atoms with Crippen LogP contribution in [0.25, 0.3) is 0 Å². The number of hydrogen-bond acceptors (Lipinski definition) is 3. The number of carbonyl (C=O) groups excluding carboxylic acids is 1. The van der Waals surface area contributed by atoms with Crippen LogP contribution in [0.2, 0.25) is 0 Å². The van der Waals surface area contributed by atoms with Gasteiger partial charge in [0, 0.05) is 38.4 Å². The Morgan fingerprint density at radius 1 is 1.26 bits per heavy atom. The Labute approximate surface area is 161 Å². The van der Waals surface area contributed by atoms with Crippen LogP contribution in [0.15, 0.2) is 36.7 Å². The van der Waals surface area contributed by atoms with Crippen LogP contribution in [0.1, 0.15) is 38.8 Å². The summed E-state index contributed by atoms with van der Waals surface area (Å²) < 4.78 is 1.79. The minimum atomic E-state index is -0.178. The van der Waals surface area contributed by atoms with Crippen molar-refractivity contribution < 1.29 is 4.79 Å². The van der Waals surface area contributed by atoms with Crippen LogP contribution >= 0.6 is 0 Å². The largest absolute Gasteiger partial charge is 0.333 e. The van der Waals surface area contributed by atoms with Crippen molar-refractivity contribution >= 4 is 11.7 Å². The highest BCUT2D eigenvalue weighted by Crippen LogP contribution is 2.24. The van der Waals surface area contributed by atoms with Gasteiger partial charge in [-0.2, -0.15) is 5.10 Å². The van der Waals surface area contributed by atoms with Gasteiger partial charge in [-0.05, 0) is 29.9 Å². The Morgan fingerprint density at radius 3 is 2.67 bits per heavy atom. The van der Waals surface area contributed by atoms with E-state index < -0.39 is 0 Å². The molecule has 0 radical (unpaired) electrons. The molecule has 0 saturated carbocycles. The van der Waals surface area contributed by atoms with E-state index in [9.17, 15) is 4.79 Å². The fraction of sp³-hybridized carbons (Fsp3) is 0.524. The number of rotatable bonds is 5. The van der Waals surface area contributed by atoms with Crippen LogP contribution in [-0.4, -0.2) is 39.8 Å². The maximum atomic E-state index is 12.5. The Balaban J connectivity index is 1.61. The fourth-order valence-electron chi connectivity index (χ4n) is 3.43. The molecular formula is C21H31N5O. The lowest BCUT2D eigenvalue weighted by Crippen LogP contribution is -2.52. The van der Waals surface area contributed by atoms with Gasteiger partial charge in [-0.1, -0.05) is 45.0 Å². The molecule has 3 rings (SSSR count). The van der Waals surface area contributed by atoms with E-state index >= 15 is 0 Å². The first kappa shape index (κ1) is 19.4. The molecule has 2 amide bonds. The summed E-state index contributed by atoms with van der Waals surface area (Å²) >= 11 is 0. The average molecular weight is 370 g/mol. The zero-order chi connectivity index (χ0) is 19.4. The molecule has 1 aromatic heterocycles. The van der Waals surface area contributed by atoms with Gasteiger partial charge in [0.15, 0.2) is 0 Å². The van der Waals surface area contributed by atoms with Crippen LogP contribution in [0, 0.1) is 5.41 Å². The summed E-state index contributed by atoms with van der Waals surface area (Å²) in [7, 11) is 0. The molecule has 0 aliphatic carbocycles. The smallest absolute Gasteiger partial charge is 0.319 e. The zero-order valence-electron chi connectivity index (χ0n) is 16.8. The highest BCUT2D eigenvalue weighted by molar-refractivity contribution is 5.89. The van der Waals surface area contributed by atoms with E-state index in [1.165, 1.54) is 11.1 Å². The first-order valence-corrected chi connectivity index (χ1v) is 9.74. The summed E-state index contributed by atoms with van der Waals surface area (Å²) in [5.41, 5.74) is 3.52. The number of carbonyl (C=O) groups is 1. The minimum Gasteiger partial charge on any atom is -0.333 e. The molecular weight excluding hydrogens is 338 g/mol. The van der Waals surface area contributed by atoms with Crippen molar-refractivity contribution in [2.75, 3.05) is 18.4 Å². The fourth-order valence-corrected chi connectivity index (χ4v) is 3.43. The molecule has 1 aliphatic heterocycles. The summed E-state index contributed by atoms with van der Waals surface area (Å²) in [6.45, 7) is 12.1. The van der Waals surface area contributed by atoms with Gasteiger partial charge >= 0.3 is 6.03 Å². The standard InChI is InChI=1S/C21H31N5O/c1-5-26-14-18(12-22-26)23-20(27)24-19(21(2,3)4)15-25-11-10-16-8-6-7-9-17(16)13-25/h6-9,12,14,19H,5,10-11,13,15H2,1-4H3,(H2,23,24,27)/t19-/m1/s1. The topological polar surface area (TPSA) is 62.2 Å². The van der Waals surface area contributed by atoms with Crippen molar-refractivity contribution in [3.8, 4) is 0 Å². The molecule has 1 aliphatic rings. The number of hydrogen-bond donors (Lipinski definition) is 2. The van der Waals surface area contributed by atoms with Crippen molar-refractivity contribution in [1.29, 1.82) is 0 Å². The third-order valence-electron chi connectivity index (χ3n) is 5.22. The van der Waals surface area contributed by atoms with Gasteiger partial charge in [0.2, 0.25) is 0 Å². The van der Waals surface area contributed by atoms with Crippen LogP contribution in [0.5, 0.6) is 0 Å². The number of fused-ring (bicyclic) bond motifs is 1. The van der Waals surface area contributed by atoms with Crippen LogP contribution in [0.4, 0.5) is 10.5 Å². The molecule has 2 aromatic rings. The van der Waals surface area contributed by atoms with Crippen molar-refractivity contribution in [1.82, 2.24) is 20.0 Å². The second-order valence-corrected chi connectivity index (χ2v) is 8.36. The number of nitrogens with one attached hydrogen (secondary N) is 2. The highest BCUT2D eigenvalue weighted by atomic mass is 16.2. The molecule has 1 aromatic carbocycles. The molecule has 6 heteroatoms. The number of amides is 2. The molecule has 0 spiro atoms. The van der Waals surface area contributed by atoms with Crippen molar-refractivity contribution in [2.24, 2.45) is 5.41 Å². The van der Waals surface area contributed by atoms with E-state index in [1.54, 1.807) is 10.9 Å². The number of nitrogens with zero attached hydrogens (tertiary/aromatic N) is 3. The van der Waals surface area contributed by atoms with E-state index in [1.807, 2.05) is 13.1 Å². The first-order valence-electron chi connectivity index (χ1n) is 9.74. The Morgan fingerprint density at radius 2 is 2.00 bits per heavy atom. The van der Waals surface area contributed by atoms with E-state index in [4.69, 9.17) is 0 Å². The molecule has 2 heterocycles. The molecule has 2 N–H and O–H groups in total. The number of anilines is 1. The molecule has 1 atom stereocenters. The minimum absolute atomic E-state index is 0.0398. The SMILES string of the molecule is CCn1cc(NC(=O)N[C@H](CN2CCc3ccccc3C2)C(C)(C)C)cn1. The maximum absolute atomic E-state index is 12.5. The molecule has 0 bridgehead atoms. The summed E-state index contributed by atoms with van der Waals surface area (Å²) in [6.07, 6.45) is 4.58. The Hall–Kier alpha value is -2.34. The first-order chi connectivity index (χ1) is 12.8. The van der Waals surface area contributed by atoms with Gasteiger partial charge < -0.3 is 10.6 Å². The number of aromatic nitrogens is 2. The summed E-state index contributed by atoms with van der Waals surface area (Å²) in [5, 5.41) is 10.3. The van der Waals surface area contributed by atoms with E-state index in [-0.39, 0.29) is 17.5 Å². The van der Waals surface area contributed by atoms with Crippen molar-refractivity contribution in [3.05, 3.63) is 47.8 Å². The van der Waals surface area contributed by atoms with Gasteiger partial charge in [-0.3, -0.25) is 9.58 Å². The normalized spacial score (nSPS) is 15.9. The quantitative estimate of drug-likeness (QED) is 0.848. The summed E-state index contributed by atoms with van der Waals surface area (Å²) in [6, 6.07) is 8.51. The van der Waals surface area contributed by atoms with E-state index in [0.717, 1.165) is 32.6 Å². The van der Waals surface area contributed by atoms with Gasteiger partial charge in [0.1, 0.15) is 0 Å². The lowest BCUT2D eigenvalue weighted by molar-refractivity contribution is 0.164. The Kier molecular flexibility index (Phi) is 5.85. The molecule has 0 fully saturated rings. The number of urea groups is 1. The number of aryl methyl sites for hydroxylation is 1. The second-order valence-electron chi connectivity index (χ2n) is 8.36. The van der Waals surface area contributed by atoms with Gasteiger partial charge in [-0.15, -0.1) is 0 Å². The maximum Gasteiger partial charge on any atom is 0.319 e. The monoisotopic (exact) mass is 369 g/mol. The average Bonchev–Trinajstić information content (AvgIpc) is 3.07. The van der Waals surface area contributed by atoms with Gasteiger partial charge in [0.25, 0.3) is 0 Å². The lowest BCUT2D eigenvalue weighted by atomic mass is 9.86. The second kappa shape index (κ2) is 8.13. The summed E-state index contributed by atoms with van der Waals surface area (Å²) in [5.74, 6) is 0. The predicted octanol–water partition coefficient (Wildman–Crippen LogP) is 3.50. The van der Waals surface area contributed by atoms with Crippen LogP contribution in [-0.2, 0) is 19.5 Å². The lowest BCUT2D eigenvalue weighted by Gasteiger charge is -2.37. The van der Waals surface area contributed by atoms with Crippen molar-refractivity contribution in [2.45, 2.75) is 53.2 Å². The van der Waals surface area contributed by atoms with E-state index in [0.29, 0.717) is 5.69 Å². The van der Waals surface area contributed by atoms with Crippen LogP contribution < -0.4 is 10.6 Å². The van der Waals surface area contributed by atoms with Crippen LogP contribution in [0.3, 0.4) is 0 Å². The van der Waals surface area contributed by atoms with Gasteiger partial charge in [-0.25, -0.2) is 4.79 Å². The molecule has 0 saturated heterocycles. The molecule has 0 unspecified atom stereocenters. The number of benzene rings is 1. The Bertz CT molecular complexity index is 777. The molecule has 6 nitrogen and oxygen atoms in total. The zero-order valence-corrected chi connectivity index (χ0v) is 16.8. The predicted molar refractivity (Wildman–Crippen MR) is 109 cm³/mol. The highest BCUT2D eigenvalue weighted by Gasteiger charge is 2.29. The third kappa shape index (κ3) is 5.10.